The van der Waals surface area contributed by atoms with Crippen molar-refractivity contribution >= 4 is 6.03 Å². The van der Waals surface area contributed by atoms with E-state index in [1.807, 2.05) is 6.92 Å². The molecule has 3 N–H and O–H groups in total. The summed E-state index contributed by atoms with van der Waals surface area (Å²) in [5, 5.41) is 15.5. The van der Waals surface area contributed by atoms with Crippen molar-refractivity contribution in [1.29, 1.82) is 0 Å². The van der Waals surface area contributed by atoms with Gasteiger partial charge in [0, 0.05) is 25.9 Å². The highest BCUT2D eigenvalue weighted by atomic mass is 16.3. The lowest BCUT2D eigenvalue weighted by Crippen LogP contribution is -2.47. The Morgan fingerprint density at radius 2 is 1.50 bits per heavy atom. The zero-order valence-corrected chi connectivity index (χ0v) is 15.5. The lowest BCUT2D eigenvalue weighted by molar-refractivity contribution is -0.893. The number of aliphatic hydroxyl groups excluding tert-OH is 1. The Bertz CT molecular complexity index is 314. The fraction of sp³-hybridized carbons (Fsp3) is 0.938. The number of rotatable bonds is 11. The standard InChI is InChI=1S/C16H37N4O2/c1-7-15(21)14-20(5,6)13-9-11-18-16(22)17-10-8-12-19(2,3)4/h15,21H,7-14H2,1-6H3,(H-,17,18,22)/q+1/p+1. The summed E-state index contributed by atoms with van der Waals surface area (Å²) in [6.45, 7) is 6.13. The molecular formula is C16H38N4O2+2. The minimum atomic E-state index is -0.243. The van der Waals surface area contributed by atoms with Crippen LogP contribution in [0.3, 0.4) is 0 Å². The van der Waals surface area contributed by atoms with E-state index >= 15 is 0 Å². The Kier molecular flexibility index (Phi) is 9.64. The number of amides is 2. The maximum atomic E-state index is 11.6. The molecule has 0 saturated heterocycles. The van der Waals surface area contributed by atoms with E-state index in [-0.39, 0.29) is 12.1 Å². The molecule has 1 atom stereocenters. The molecule has 6 heteroatoms. The first kappa shape index (κ1) is 21.1. The molecule has 0 bridgehead atoms. The Morgan fingerprint density at radius 1 is 1.00 bits per heavy atom. The van der Waals surface area contributed by atoms with Crippen LogP contribution in [0.15, 0.2) is 0 Å². The van der Waals surface area contributed by atoms with Crippen LogP contribution in [-0.2, 0) is 0 Å². The van der Waals surface area contributed by atoms with Crippen LogP contribution < -0.4 is 10.6 Å². The molecule has 1 unspecified atom stereocenters. The van der Waals surface area contributed by atoms with Crippen molar-refractivity contribution in [3.05, 3.63) is 0 Å². The Balaban J connectivity index is 3.68. The fourth-order valence-electron chi connectivity index (χ4n) is 2.32. The van der Waals surface area contributed by atoms with Crippen molar-refractivity contribution in [2.24, 2.45) is 0 Å². The zero-order chi connectivity index (χ0) is 17.2. The molecule has 0 aromatic rings. The Hall–Kier alpha value is -0.850. The number of aliphatic hydroxyl groups is 1. The average molecular weight is 319 g/mol. The van der Waals surface area contributed by atoms with E-state index in [2.05, 4.69) is 45.9 Å². The number of urea groups is 1. The maximum Gasteiger partial charge on any atom is 0.314 e. The summed E-state index contributed by atoms with van der Waals surface area (Å²) in [5.41, 5.74) is 0. The van der Waals surface area contributed by atoms with E-state index in [0.29, 0.717) is 13.1 Å². The van der Waals surface area contributed by atoms with E-state index in [1.165, 1.54) is 0 Å². The van der Waals surface area contributed by atoms with Crippen molar-refractivity contribution in [3.63, 3.8) is 0 Å². The molecule has 0 spiro atoms. The molecule has 22 heavy (non-hydrogen) atoms. The second-order valence-electron chi connectivity index (χ2n) is 7.81. The first-order valence-electron chi connectivity index (χ1n) is 8.38. The van der Waals surface area contributed by atoms with E-state index in [4.69, 9.17) is 0 Å². The number of carbonyl (C=O) groups excluding carboxylic acids is 1. The summed E-state index contributed by atoms with van der Waals surface area (Å²) >= 11 is 0. The molecule has 0 aliphatic carbocycles. The third-order valence-corrected chi connectivity index (χ3v) is 3.69. The van der Waals surface area contributed by atoms with E-state index in [0.717, 1.165) is 47.9 Å². The van der Waals surface area contributed by atoms with Gasteiger partial charge in [-0.1, -0.05) is 6.92 Å². The maximum absolute atomic E-state index is 11.6. The van der Waals surface area contributed by atoms with Crippen molar-refractivity contribution in [1.82, 2.24) is 10.6 Å². The minimum Gasteiger partial charge on any atom is -0.387 e. The van der Waals surface area contributed by atoms with Gasteiger partial charge in [-0.2, -0.15) is 0 Å². The van der Waals surface area contributed by atoms with Crippen LogP contribution in [0.25, 0.3) is 0 Å². The highest BCUT2D eigenvalue weighted by molar-refractivity contribution is 5.73. The molecule has 0 aromatic carbocycles. The van der Waals surface area contributed by atoms with Gasteiger partial charge in [0.2, 0.25) is 0 Å². The first-order valence-corrected chi connectivity index (χ1v) is 8.38. The summed E-state index contributed by atoms with van der Waals surface area (Å²) in [6.07, 6.45) is 2.44. The fourth-order valence-corrected chi connectivity index (χ4v) is 2.32. The quantitative estimate of drug-likeness (QED) is 0.386. The second-order valence-corrected chi connectivity index (χ2v) is 7.81. The second kappa shape index (κ2) is 10.0. The average Bonchev–Trinajstić information content (AvgIpc) is 2.38. The van der Waals surface area contributed by atoms with Crippen LogP contribution in [0.4, 0.5) is 4.79 Å². The molecule has 0 radical (unpaired) electrons. The molecule has 0 aliphatic rings. The topological polar surface area (TPSA) is 61.4 Å². The van der Waals surface area contributed by atoms with Crippen LogP contribution >= 0.6 is 0 Å². The van der Waals surface area contributed by atoms with Crippen molar-refractivity contribution in [3.8, 4) is 0 Å². The van der Waals surface area contributed by atoms with Crippen LogP contribution in [0, 0.1) is 0 Å². The van der Waals surface area contributed by atoms with Crippen molar-refractivity contribution in [2.45, 2.75) is 32.3 Å². The van der Waals surface area contributed by atoms with Gasteiger partial charge in [-0.05, 0) is 6.42 Å². The summed E-state index contributed by atoms with van der Waals surface area (Å²) in [4.78, 5) is 11.6. The van der Waals surface area contributed by atoms with Gasteiger partial charge in [0.05, 0.1) is 48.3 Å². The number of nitrogens with one attached hydrogen (secondary N) is 2. The van der Waals surface area contributed by atoms with Gasteiger partial charge >= 0.3 is 6.03 Å². The highest BCUT2D eigenvalue weighted by Gasteiger charge is 2.18. The summed E-state index contributed by atoms with van der Waals surface area (Å²) in [7, 11) is 10.7. The molecule has 0 aliphatic heterocycles. The van der Waals surface area contributed by atoms with Gasteiger partial charge in [-0.3, -0.25) is 0 Å². The van der Waals surface area contributed by atoms with Crippen LogP contribution in [0.1, 0.15) is 26.2 Å². The summed E-state index contributed by atoms with van der Waals surface area (Å²) < 4.78 is 1.70. The molecular weight excluding hydrogens is 280 g/mol. The SMILES string of the molecule is CCC(O)C[N+](C)(C)CCCNC(=O)NCCC[N+](C)(C)C. The molecule has 2 amide bonds. The number of hydrogen-bond acceptors (Lipinski definition) is 2. The lowest BCUT2D eigenvalue weighted by Gasteiger charge is -2.31. The predicted octanol–water partition coefficient (Wildman–Crippen LogP) is 0.619. The van der Waals surface area contributed by atoms with Gasteiger partial charge in [0.15, 0.2) is 0 Å². The monoisotopic (exact) mass is 318 g/mol. The van der Waals surface area contributed by atoms with Gasteiger partial charge < -0.3 is 24.7 Å². The molecule has 0 saturated carbocycles. The van der Waals surface area contributed by atoms with Crippen LogP contribution in [-0.4, -0.2) is 94.2 Å². The van der Waals surface area contributed by atoms with Crippen molar-refractivity contribution in [2.75, 3.05) is 68.0 Å². The summed E-state index contributed by atoms with van der Waals surface area (Å²) in [6, 6.07) is -0.0830. The van der Waals surface area contributed by atoms with E-state index in [9.17, 15) is 9.90 Å². The molecule has 0 fully saturated rings. The number of quaternary nitrogens is 2. The number of likely N-dealkylation sites (N-methyl/N-ethyl adjacent to an activating group) is 1. The number of nitrogens with zero attached hydrogens (tertiary/aromatic N) is 2. The van der Waals surface area contributed by atoms with E-state index in [1.54, 1.807) is 0 Å². The largest absolute Gasteiger partial charge is 0.387 e. The third-order valence-electron chi connectivity index (χ3n) is 3.69. The Labute approximate surface area is 136 Å². The normalized spacial score (nSPS) is 13.8. The van der Waals surface area contributed by atoms with Gasteiger partial charge in [-0.25, -0.2) is 4.79 Å². The summed E-state index contributed by atoms with van der Waals surface area (Å²) in [5.74, 6) is 0. The third kappa shape index (κ3) is 12.9. The highest BCUT2D eigenvalue weighted by Crippen LogP contribution is 2.03. The van der Waals surface area contributed by atoms with Gasteiger partial charge in [-0.15, -0.1) is 0 Å². The van der Waals surface area contributed by atoms with Gasteiger partial charge in [0.1, 0.15) is 12.6 Å². The smallest absolute Gasteiger partial charge is 0.314 e. The van der Waals surface area contributed by atoms with Crippen LogP contribution in [0.2, 0.25) is 0 Å². The van der Waals surface area contributed by atoms with Gasteiger partial charge in [0.25, 0.3) is 0 Å². The molecule has 0 heterocycles. The first-order chi connectivity index (χ1) is 10.1. The number of hydrogen-bond donors (Lipinski definition) is 3. The molecule has 6 nitrogen and oxygen atoms in total. The number of carbonyl (C=O) groups is 1. The molecule has 0 aromatic heterocycles. The molecule has 132 valence electrons. The Morgan fingerprint density at radius 3 is 1.95 bits per heavy atom. The minimum absolute atomic E-state index is 0.0830. The lowest BCUT2D eigenvalue weighted by atomic mass is 10.2. The zero-order valence-electron chi connectivity index (χ0n) is 15.5. The van der Waals surface area contributed by atoms with Crippen molar-refractivity contribution < 1.29 is 18.9 Å². The molecule has 0 rings (SSSR count). The predicted molar refractivity (Wildman–Crippen MR) is 91.7 cm³/mol. The van der Waals surface area contributed by atoms with E-state index < -0.39 is 0 Å². The van der Waals surface area contributed by atoms with Crippen LogP contribution in [0.5, 0.6) is 0 Å².